The van der Waals surface area contributed by atoms with Crippen LogP contribution in [0.4, 0.5) is 18.0 Å². The van der Waals surface area contributed by atoms with E-state index in [0.717, 1.165) is 0 Å². The van der Waals surface area contributed by atoms with Crippen LogP contribution in [0.2, 0.25) is 0 Å². The molecule has 13 heteroatoms. The fourth-order valence-electron chi connectivity index (χ4n) is 4.84. The van der Waals surface area contributed by atoms with Crippen molar-refractivity contribution in [3.05, 3.63) is 59.8 Å². The summed E-state index contributed by atoms with van der Waals surface area (Å²) in [6, 6.07) is 8.30. The minimum Gasteiger partial charge on any atom is -0.478 e. The number of halogens is 3. The van der Waals surface area contributed by atoms with Crippen LogP contribution < -0.4 is 5.32 Å². The van der Waals surface area contributed by atoms with Gasteiger partial charge in [-0.1, -0.05) is 18.2 Å². The fraction of sp³-hybridized carbons (Fsp3) is 0.370. The number of amides is 1. The van der Waals surface area contributed by atoms with Gasteiger partial charge in [0, 0.05) is 30.7 Å². The van der Waals surface area contributed by atoms with E-state index >= 15 is 0 Å². The normalized spacial score (nSPS) is 17.3. The van der Waals surface area contributed by atoms with Crippen LogP contribution in [-0.2, 0) is 4.74 Å². The number of pyridine rings is 2. The van der Waals surface area contributed by atoms with Crippen LogP contribution in [-0.4, -0.2) is 72.6 Å². The van der Waals surface area contributed by atoms with Crippen LogP contribution in [0, 0.1) is 0 Å². The summed E-state index contributed by atoms with van der Waals surface area (Å²) < 4.78 is 50.0. The molecule has 210 valence electrons. The lowest BCUT2D eigenvalue weighted by molar-refractivity contribution is -0.184. The Balaban J connectivity index is 1.45. The molecule has 1 unspecified atom stereocenters. The molecule has 3 aromatic heterocycles. The van der Waals surface area contributed by atoms with Crippen LogP contribution in [0.1, 0.15) is 49.2 Å². The molecule has 0 saturated carbocycles. The molecule has 4 heterocycles. The molecule has 40 heavy (non-hydrogen) atoms. The molecule has 4 aromatic rings. The Morgan fingerprint density at radius 1 is 1.10 bits per heavy atom. The minimum atomic E-state index is -4.60. The van der Waals surface area contributed by atoms with E-state index in [4.69, 9.17) is 4.74 Å². The Bertz CT molecular complexity index is 1600. The summed E-state index contributed by atoms with van der Waals surface area (Å²) in [4.78, 5) is 29.3. The van der Waals surface area contributed by atoms with Crippen molar-refractivity contribution in [2.24, 2.45) is 0 Å². The number of aromatic carboxylic acids is 1. The quantitative estimate of drug-likeness (QED) is 0.358. The fourth-order valence-corrected chi connectivity index (χ4v) is 4.84. The van der Waals surface area contributed by atoms with Gasteiger partial charge in [0.2, 0.25) is 0 Å². The summed E-state index contributed by atoms with van der Waals surface area (Å²) in [5.41, 5.74) is 0.370. The second-order valence-corrected chi connectivity index (χ2v) is 10.7. The van der Waals surface area contributed by atoms with E-state index in [1.807, 2.05) is 0 Å². The third-order valence-corrected chi connectivity index (χ3v) is 6.52. The topological polar surface area (TPSA) is 122 Å². The smallest absolute Gasteiger partial charge is 0.408 e. The van der Waals surface area contributed by atoms with Crippen molar-refractivity contribution < 1.29 is 32.6 Å². The summed E-state index contributed by atoms with van der Waals surface area (Å²) in [5.74, 6) is -0.887. The lowest BCUT2D eigenvalue weighted by atomic mass is 10.1. The molecule has 10 nitrogen and oxygen atoms in total. The lowest BCUT2D eigenvalue weighted by Crippen LogP contribution is -2.42. The molecule has 1 saturated heterocycles. The lowest BCUT2D eigenvalue weighted by Gasteiger charge is -2.30. The number of nitrogens with zero attached hydrogens (tertiary/aromatic N) is 5. The van der Waals surface area contributed by atoms with E-state index in [9.17, 15) is 27.9 Å². The summed E-state index contributed by atoms with van der Waals surface area (Å²) in [5, 5.41) is 20.9. The number of hydrogen-bond acceptors (Lipinski definition) is 7. The zero-order valence-electron chi connectivity index (χ0n) is 21.9. The van der Waals surface area contributed by atoms with Crippen molar-refractivity contribution in [2.75, 3.05) is 13.1 Å². The Hall–Kier alpha value is -4.26. The molecule has 0 bridgehead atoms. The first kappa shape index (κ1) is 27.3. The maximum Gasteiger partial charge on any atom is 0.408 e. The average Bonchev–Trinajstić information content (AvgIpc) is 3.48. The van der Waals surface area contributed by atoms with Gasteiger partial charge >= 0.3 is 18.2 Å². The van der Waals surface area contributed by atoms with Crippen LogP contribution >= 0.6 is 0 Å². The second kappa shape index (κ2) is 10.0. The first-order chi connectivity index (χ1) is 18.8. The number of alkyl halides is 3. The van der Waals surface area contributed by atoms with Gasteiger partial charge in [-0.25, -0.2) is 14.6 Å². The van der Waals surface area contributed by atoms with Crippen LogP contribution in [0.15, 0.2) is 48.7 Å². The van der Waals surface area contributed by atoms with E-state index in [1.165, 1.54) is 39.8 Å². The molecule has 1 aliphatic rings. The molecular weight excluding hydrogens is 529 g/mol. The number of aromatic nitrogens is 4. The van der Waals surface area contributed by atoms with E-state index in [0.29, 0.717) is 28.7 Å². The number of fused-ring (bicyclic) bond motifs is 2. The number of nitrogens with one attached hydrogen (secondary N) is 1. The second-order valence-electron chi connectivity index (χ2n) is 10.7. The van der Waals surface area contributed by atoms with E-state index < -0.39 is 35.9 Å². The molecule has 0 radical (unpaired) electrons. The standard InChI is InChI=1S/C27H27F3N6O4/c1-26(2,3)40-25(39)31-18-10-11-35(14-18)22(27(28,29)30)17-7-9-21-33-34-23(36(21)13-17)19-8-6-15-4-5-16(24(37)38)12-20(15)32-19/h4-9,12-13,18,22H,10-11,14H2,1-3H3,(H,31,39)(H,37,38)/t18-,22?/m0/s1. The van der Waals surface area contributed by atoms with Crippen LogP contribution in [0.25, 0.3) is 28.1 Å². The molecular formula is C27H27F3N6O4. The average molecular weight is 557 g/mol. The molecule has 1 amide bonds. The van der Waals surface area contributed by atoms with Gasteiger partial charge < -0.3 is 15.2 Å². The number of ether oxygens (including phenoxy) is 1. The molecule has 5 rings (SSSR count). The highest BCUT2D eigenvalue weighted by Crippen LogP contribution is 2.40. The van der Waals surface area contributed by atoms with E-state index in [-0.39, 0.29) is 30.0 Å². The van der Waals surface area contributed by atoms with Gasteiger partial charge in [-0.05, 0) is 57.0 Å². The highest BCUT2D eigenvalue weighted by molar-refractivity contribution is 5.93. The third kappa shape index (κ3) is 5.69. The van der Waals surface area contributed by atoms with Crippen molar-refractivity contribution >= 4 is 28.6 Å². The summed E-state index contributed by atoms with van der Waals surface area (Å²) in [6.07, 6.45) is -3.59. The monoisotopic (exact) mass is 556 g/mol. The Morgan fingerprint density at radius 3 is 2.55 bits per heavy atom. The molecule has 0 spiro atoms. The first-order valence-corrected chi connectivity index (χ1v) is 12.6. The van der Waals surface area contributed by atoms with Crippen molar-refractivity contribution in [1.29, 1.82) is 0 Å². The largest absolute Gasteiger partial charge is 0.478 e. The SMILES string of the molecule is CC(C)(C)OC(=O)N[C@H]1CCN(C(c2ccc3nnc(-c4ccc5ccc(C(=O)O)cc5n4)n3c2)C(F)(F)F)C1. The maximum atomic E-state index is 14.4. The Morgan fingerprint density at radius 2 is 1.85 bits per heavy atom. The first-order valence-electron chi connectivity index (χ1n) is 12.6. The zero-order valence-corrected chi connectivity index (χ0v) is 21.9. The molecule has 0 aliphatic carbocycles. The zero-order chi connectivity index (χ0) is 28.8. The number of rotatable bonds is 5. The number of alkyl carbamates (subject to hydrolysis) is 1. The summed E-state index contributed by atoms with van der Waals surface area (Å²) in [6.45, 7) is 5.25. The third-order valence-electron chi connectivity index (χ3n) is 6.52. The van der Waals surface area contributed by atoms with Gasteiger partial charge in [0.25, 0.3) is 0 Å². The van der Waals surface area contributed by atoms with Crippen molar-refractivity contribution in [3.63, 3.8) is 0 Å². The van der Waals surface area contributed by atoms with Gasteiger partial charge in [-0.2, -0.15) is 13.2 Å². The van der Waals surface area contributed by atoms with E-state index in [2.05, 4.69) is 20.5 Å². The predicted molar refractivity (Wildman–Crippen MR) is 139 cm³/mol. The number of carboxylic acids is 1. The molecule has 1 aliphatic heterocycles. The molecule has 1 aromatic carbocycles. The Labute approximate surface area is 226 Å². The molecule has 2 atom stereocenters. The summed E-state index contributed by atoms with van der Waals surface area (Å²) >= 11 is 0. The molecule has 2 N–H and O–H groups in total. The summed E-state index contributed by atoms with van der Waals surface area (Å²) in [7, 11) is 0. The van der Waals surface area contributed by atoms with Gasteiger partial charge in [0.05, 0.1) is 11.1 Å². The molecule has 1 fully saturated rings. The number of carboxylic acid groups (broad SMARTS) is 1. The highest BCUT2D eigenvalue weighted by Gasteiger charge is 2.47. The van der Waals surface area contributed by atoms with Crippen molar-refractivity contribution in [1.82, 2.24) is 29.8 Å². The van der Waals surface area contributed by atoms with Crippen LogP contribution in [0.3, 0.4) is 0 Å². The van der Waals surface area contributed by atoms with Crippen LogP contribution in [0.5, 0.6) is 0 Å². The van der Waals surface area contributed by atoms with Crippen molar-refractivity contribution in [3.8, 4) is 11.5 Å². The number of benzene rings is 1. The van der Waals surface area contributed by atoms with E-state index in [1.54, 1.807) is 39.0 Å². The number of carbonyl (C=O) groups is 2. The van der Waals surface area contributed by atoms with Gasteiger partial charge in [-0.3, -0.25) is 9.30 Å². The van der Waals surface area contributed by atoms with Gasteiger partial charge in [0.1, 0.15) is 17.3 Å². The van der Waals surface area contributed by atoms with Crippen molar-refractivity contribution in [2.45, 2.75) is 51.1 Å². The Kier molecular flexibility index (Phi) is 6.86. The number of carbonyl (C=O) groups excluding carboxylic acids is 1. The highest BCUT2D eigenvalue weighted by atomic mass is 19.4. The minimum absolute atomic E-state index is 0.00532. The predicted octanol–water partition coefficient (Wildman–Crippen LogP) is 4.85. The van der Waals surface area contributed by atoms with Gasteiger partial charge in [0.15, 0.2) is 11.5 Å². The maximum absolute atomic E-state index is 14.4. The number of hydrogen-bond donors (Lipinski definition) is 2. The number of likely N-dealkylation sites (tertiary alicyclic amines) is 1. The van der Waals surface area contributed by atoms with Gasteiger partial charge in [-0.15, -0.1) is 10.2 Å².